The van der Waals surface area contributed by atoms with Crippen molar-refractivity contribution in [2.75, 3.05) is 11.9 Å². The van der Waals surface area contributed by atoms with E-state index < -0.39 is 6.09 Å². The van der Waals surface area contributed by atoms with Gasteiger partial charge < -0.3 is 4.74 Å². The van der Waals surface area contributed by atoms with Crippen molar-refractivity contribution >= 4 is 40.0 Å². The minimum absolute atomic E-state index is 0.315. The maximum atomic E-state index is 11.4. The summed E-state index contributed by atoms with van der Waals surface area (Å²) in [7, 11) is 0. The molecule has 0 aromatic carbocycles. The van der Waals surface area contributed by atoms with E-state index in [0.29, 0.717) is 23.8 Å². The van der Waals surface area contributed by atoms with E-state index in [1.807, 2.05) is 0 Å². The molecular formula is C9H10IN5O2. The number of aromatic nitrogens is 4. The fraction of sp³-hybridized carbons (Fsp3) is 0.333. The maximum absolute atomic E-state index is 11.4. The lowest BCUT2D eigenvalue weighted by atomic mass is 10.4. The fourth-order valence-corrected chi connectivity index (χ4v) is 1.85. The molecule has 7 nitrogen and oxygen atoms in total. The van der Waals surface area contributed by atoms with E-state index in [0.717, 1.165) is 3.70 Å². The molecule has 0 saturated heterocycles. The molecule has 0 saturated carbocycles. The number of nitrogens with one attached hydrogen (secondary N) is 1. The first kappa shape index (κ1) is 12.0. The molecular weight excluding hydrogens is 337 g/mol. The van der Waals surface area contributed by atoms with Gasteiger partial charge in [-0.2, -0.15) is 9.61 Å². The molecule has 0 aliphatic heterocycles. The number of carbonyl (C=O) groups is 1. The second kappa shape index (κ2) is 4.82. The molecule has 0 atom stereocenters. The average Bonchev–Trinajstić information content (AvgIpc) is 2.61. The largest absolute Gasteiger partial charge is 0.450 e. The molecule has 0 aliphatic carbocycles. The molecule has 2 heterocycles. The minimum Gasteiger partial charge on any atom is -0.450 e. The number of hydrogen-bond donors (Lipinski definition) is 1. The van der Waals surface area contributed by atoms with Gasteiger partial charge in [0, 0.05) is 0 Å². The molecule has 0 fully saturated rings. The van der Waals surface area contributed by atoms with Crippen LogP contribution in [-0.4, -0.2) is 32.5 Å². The zero-order valence-electron chi connectivity index (χ0n) is 9.27. The highest BCUT2D eigenvalue weighted by Crippen LogP contribution is 2.17. The number of nitrogens with zero attached hydrogens (tertiary/aromatic N) is 4. The Balaban J connectivity index is 2.42. The summed E-state index contributed by atoms with van der Waals surface area (Å²) in [5.74, 6) is 0.658. The van der Waals surface area contributed by atoms with Crippen molar-refractivity contribution in [3.8, 4) is 0 Å². The number of halogens is 1. The van der Waals surface area contributed by atoms with Crippen molar-refractivity contribution in [2.45, 2.75) is 13.8 Å². The van der Waals surface area contributed by atoms with E-state index in [1.165, 1.54) is 0 Å². The van der Waals surface area contributed by atoms with E-state index in [1.54, 1.807) is 24.4 Å². The average molecular weight is 347 g/mol. The summed E-state index contributed by atoms with van der Waals surface area (Å²) in [6, 6.07) is 1.71. The molecule has 17 heavy (non-hydrogen) atoms. The predicted molar refractivity (Wildman–Crippen MR) is 68.9 cm³/mol. The van der Waals surface area contributed by atoms with Gasteiger partial charge in [-0.1, -0.05) is 0 Å². The molecule has 2 aromatic rings. The normalized spacial score (nSPS) is 10.5. The van der Waals surface area contributed by atoms with E-state index in [2.05, 4.69) is 43.2 Å². The molecule has 0 spiro atoms. The number of rotatable bonds is 2. The van der Waals surface area contributed by atoms with Crippen LogP contribution in [-0.2, 0) is 4.74 Å². The number of aryl methyl sites for hydroxylation is 1. The minimum atomic E-state index is -0.517. The van der Waals surface area contributed by atoms with Gasteiger partial charge >= 0.3 is 6.09 Å². The summed E-state index contributed by atoms with van der Waals surface area (Å²) in [6.45, 7) is 3.85. The van der Waals surface area contributed by atoms with Crippen LogP contribution >= 0.6 is 22.6 Å². The second-order valence-corrected chi connectivity index (χ2v) is 4.31. The van der Waals surface area contributed by atoms with Crippen LogP contribution in [0.3, 0.4) is 0 Å². The predicted octanol–water partition coefficient (Wildman–Crippen LogP) is 1.61. The quantitative estimate of drug-likeness (QED) is 0.835. The third kappa shape index (κ3) is 2.46. The zero-order chi connectivity index (χ0) is 12.4. The first-order valence-corrected chi connectivity index (χ1v) is 6.02. The summed E-state index contributed by atoms with van der Waals surface area (Å²) < 4.78 is 7.11. The number of carbonyl (C=O) groups excluding carboxylic acids is 1. The number of fused-ring (bicyclic) bond motifs is 1. The third-order valence-corrected chi connectivity index (χ3v) is 2.54. The first-order valence-electron chi connectivity index (χ1n) is 4.94. The molecule has 90 valence electrons. The summed E-state index contributed by atoms with van der Waals surface area (Å²) in [6.07, 6.45) is -0.517. The molecule has 2 rings (SSSR count). The molecule has 1 amide bonds. The highest BCUT2D eigenvalue weighted by molar-refractivity contribution is 14.1. The Hall–Kier alpha value is -1.45. The summed E-state index contributed by atoms with van der Waals surface area (Å²) in [4.78, 5) is 11.4. The van der Waals surface area contributed by atoms with Crippen LogP contribution in [0.15, 0.2) is 6.07 Å². The SMILES string of the molecule is CCOC(=O)Nc1cc(I)nn2c(C)nnc12. The monoisotopic (exact) mass is 347 g/mol. The second-order valence-electron chi connectivity index (χ2n) is 3.21. The van der Waals surface area contributed by atoms with E-state index in [9.17, 15) is 4.79 Å². The Bertz CT molecular complexity index is 568. The number of ether oxygens (including phenoxy) is 1. The van der Waals surface area contributed by atoms with Crippen LogP contribution in [0.4, 0.5) is 10.5 Å². The van der Waals surface area contributed by atoms with Crippen LogP contribution in [0.5, 0.6) is 0 Å². The van der Waals surface area contributed by atoms with Crippen LogP contribution < -0.4 is 5.32 Å². The molecule has 2 aromatic heterocycles. The van der Waals surface area contributed by atoms with Crippen molar-refractivity contribution in [3.63, 3.8) is 0 Å². The lowest BCUT2D eigenvalue weighted by Gasteiger charge is -2.06. The lowest BCUT2D eigenvalue weighted by Crippen LogP contribution is -2.15. The Kier molecular flexibility index (Phi) is 3.41. The number of anilines is 1. The standard InChI is InChI=1S/C9H10IN5O2/c1-3-17-9(16)11-6-4-7(10)14-15-5(2)12-13-8(6)15/h4H,3H2,1-2H3,(H,11,16). The molecule has 0 bridgehead atoms. The van der Waals surface area contributed by atoms with Gasteiger partial charge in [0.05, 0.1) is 12.3 Å². The van der Waals surface area contributed by atoms with Crippen LogP contribution in [0, 0.1) is 10.6 Å². The Morgan fingerprint density at radius 1 is 1.59 bits per heavy atom. The van der Waals surface area contributed by atoms with Crippen molar-refractivity contribution in [2.24, 2.45) is 0 Å². The summed E-state index contributed by atoms with van der Waals surface area (Å²) in [5.41, 5.74) is 1.03. The number of amides is 1. The van der Waals surface area contributed by atoms with Crippen LogP contribution in [0.2, 0.25) is 0 Å². The van der Waals surface area contributed by atoms with Gasteiger partial charge in [0.1, 0.15) is 3.70 Å². The van der Waals surface area contributed by atoms with Gasteiger partial charge in [-0.25, -0.2) is 4.79 Å². The Labute approximate surface area is 111 Å². The van der Waals surface area contributed by atoms with Gasteiger partial charge in [0.2, 0.25) is 5.65 Å². The highest BCUT2D eigenvalue weighted by Gasteiger charge is 2.12. The Morgan fingerprint density at radius 3 is 3.06 bits per heavy atom. The molecule has 8 heteroatoms. The molecule has 1 N–H and O–H groups in total. The smallest absolute Gasteiger partial charge is 0.411 e. The van der Waals surface area contributed by atoms with Crippen molar-refractivity contribution < 1.29 is 9.53 Å². The van der Waals surface area contributed by atoms with Crippen molar-refractivity contribution in [1.82, 2.24) is 19.8 Å². The van der Waals surface area contributed by atoms with Gasteiger partial charge in [0.15, 0.2) is 5.82 Å². The van der Waals surface area contributed by atoms with E-state index >= 15 is 0 Å². The molecule has 0 radical (unpaired) electrons. The molecule has 0 aliphatic rings. The molecule has 0 unspecified atom stereocenters. The topological polar surface area (TPSA) is 81.4 Å². The number of hydrogen-bond acceptors (Lipinski definition) is 5. The van der Waals surface area contributed by atoms with E-state index in [4.69, 9.17) is 4.74 Å². The van der Waals surface area contributed by atoms with Crippen molar-refractivity contribution in [3.05, 3.63) is 15.6 Å². The lowest BCUT2D eigenvalue weighted by molar-refractivity contribution is 0.168. The van der Waals surface area contributed by atoms with Gasteiger partial charge in [-0.05, 0) is 42.5 Å². The van der Waals surface area contributed by atoms with Gasteiger partial charge in [-0.3, -0.25) is 5.32 Å². The van der Waals surface area contributed by atoms with Crippen molar-refractivity contribution in [1.29, 1.82) is 0 Å². The van der Waals surface area contributed by atoms with Gasteiger partial charge in [-0.15, -0.1) is 10.2 Å². The van der Waals surface area contributed by atoms with Gasteiger partial charge in [0.25, 0.3) is 0 Å². The summed E-state index contributed by atoms with van der Waals surface area (Å²) >= 11 is 2.06. The van der Waals surface area contributed by atoms with E-state index in [-0.39, 0.29) is 0 Å². The zero-order valence-corrected chi connectivity index (χ0v) is 11.4. The summed E-state index contributed by atoms with van der Waals surface area (Å²) in [5, 5.41) is 14.7. The maximum Gasteiger partial charge on any atom is 0.411 e. The van der Waals surface area contributed by atoms with Crippen LogP contribution in [0.1, 0.15) is 12.7 Å². The fourth-order valence-electron chi connectivity index (χ4n) is 1.32. The van der Waals surface area contributed by atoms with Crippen LogP contribution in [0.25, 0.3) is 5.65 Å². The first-order chi connectivity index (χ1) is 8.11. The Morgan fingerprint density at radius 2 is 2.35 bits per heavy atom. The highest BCUT2D eigenvalue weighted by atomic mass is 127. The third-order valence-electron chi connectivity index (χ3n) is 2.01.